The molecule has 1 aliphatic heterocycles. The third-order valence-corrected chi connectivity index (χ3v) is 3.27. The van der Waals surface area contributed by atoms with Crippen molar-refractivity contribution in [1.82, 2.24) is 15.5 Å². The topological polar surface area (TPSA) is 87.5 Å². The summed E-state index contributed by atoms with van der Waals surface area (Å²) in [5, 5.41) is 5.29. The van der Waals surface area contributed by atoms with Crippen LogP contribution in [0.25, 0.3) is 0 Å². The first kappa shape index (κ1) is 14.9. The maximum Gasteiger partial charge on any atom is 0.239 e. The van der Waals surface area contributed by atoms with Gasteiger partial charge in [-0.1, -0.05) is 0 Å². The normalized spacial score (nSPS) is 20.1. The number of carbonyl (C=O) groups is 2. The predicted molar refractivity (Wildman–Crippen MR) is 69.9 cm³/mol. The molecule has 0 saturated carbocycles. The molecule has 1 fully saturated rings. The van der Waals surface area contributed by atoms with E-state index in [1.807, 2.05) is 0 Å². The highest BCUT2D eigenvalue weighted by atomic mass is 16.2. The van der Waals surface area contributed by atoms with Gasteiger partial charge in [-0.15, -0.1) is 0 Å². The number of nitrogens with zero attached hydrogens (tertiary/aromatic N) is 1. The summed E-state index contributed by atoms with van der Waals surface area (Å²) in [4.78, 5) is 24.7. The molecular formula is C12H24N4O2. The van der Waals surface area contributed by atoms with E-state index in [1.54, 1.807) is 0 Å². The van der Waals surface area contributed by atoms with E-state index in [-0.39, 0.29) is 24.9 Å². The van der Waals surface area contributed by atoms with E-state index in [0.717, 1.165) is 19.5 Å². The number of amides is 2. The van der Waals surface area contributed by atoms with Gasteiger partial charge in [0.05, 0.1) is 13.1 Å². The Morgan fingerprint density at radius 3 is 2.61 bits per heavy atom. The monoisotopic (exact) mass is 256 g/mol. The molecule has 1 unspecified atom stereocenters. The fraction of sp³-hybridized carbons (Fsp3) is 0.833. The lowest BCUT2D eigenvalue weighted by Gasteiger charge is -2.20. The molecule has 1 heterocycles. The summed E-state index contributed by atoms with van der Waals surface area (Å²) in [5.74, 6) is 0.0540. The SMILES string of the molecule is CC(C)N1CCC(CNC(=O)CNC(=O)CN)C1. The van der Waals surface area contributed by atoms with Gasteiger partial charge in [-0.3, -0.25) is 9.59 Å². The van der Waals surface area contributed by atoms with Crippen LogP contribution in [0.5, 0.6) is 0 Å². The molecule has 1 atom stereocenters. The van der Waals surface area contributed by atoms with Crippen molar-refractivity contribution in [3.8, 4) is 0 Å². The van der Waals surface area contributed by atoms with E-state index < -0.39 is 0 Å². The molecular weight excluding hydrogens is 232 g/mol. The lowest BCUT2D eigenvalue weighted by molar-refractivity contribution is -0.125. The minimum absolute atomic E-state index is 0.0106. The number of hydrogen-bond acceptors (Lipinski definition) is 4. The molecule has 0 aromatic carbocycles. The van der Waals surface area contributed by atoms with Crippen LogP contribution >= 0.6 is 0 Å². The van der Waals surface area contributed by atoms with Crippen LogP contribution in [0.3, 0.4) is 0 Å². The van der Waals surface area contributed by atoms with E-state index in [4.69, 9.17) is 5.73 Å². The summed E-state index contributed by atoms with van der Waals surface area (Å²) in [6.07, 6.45) is 1.12. The van der Waals surface area contributed by atoms with Gasteiger partial charge in [-0.2, -0.15) is 0 Å². The van der Waals surface area contributed by atoms with Crippen molar-refractivity contribution in [1.29, 1.82) is 0 Å². The third-order valence-electron chi connectivity index (χ3n) is 3.27. The molecule has 0 aliphatic carbocycles. The Morgan fingerprint density at radius 1 is 1.33 bits per heavy atom. The third kappa shape index (κ3) is 5.01. The number of nitrogens with one attached hydrogen (secondary N) is 2. The maximum absolute atomic E-state index is 11.5. The second-order valence-corrected chi connectivity index (χ2v) is 5.03. The zero-order chi connectivity index (χ0) is 13.5. The van der Waals surface area contributed by atoms with E-state index in [2.05, 4.69) is 29.4 Å². The van der Waals surface area contributed by atoms with E-state index >= 15 is 0 Å². The van der Waals surface area contributed by atoms with Crippen LogP contribution in [0.1, 0.15) is 20.3 Å². The van der Waals surface area contributed by atoms with E-state index in [9.17, 15) is 9.59 Å². The Balaban J connectivity index is 2.14. The number of carbonyl (C=O) groups excluding carboxylic acids is 2. The molecule has 0 aromatic heterocycles. The zero-order valence-electron chi connectivity index (χ0n) is 11.2. The van der Waals surface area contributed by atoms with Crippen molar-refractivity contribution in [2.24, 2.45) is 11.7 Å². The van der Waals surface area contributed by atoms with Crippen LogP contribution in [0.15, 0.2) is 0 Å². The molecule has 0 radical (unpaired) electrons. The summed E-state index contributed by atoms with van der Waals surface area (Å²) in [7, 11) is 0. The summed E-state index contributed by atoms with van der Waals surface area (Å²) in [6.45, 7) is 7.11. The Bertz CT molecular complexity index is 294. The van der Waals surface area contributed by atoms with Gasteiger partial charge in [0.2, 0.25) is 11.8 Å². The predicted octanol–water partition coefficient (Wildman–Crippen LogP) is -1.09. The minimum atomic E-state index is -0.308. The van der Waals surface area contributed by atoms with Gasteiger partial charge in [0.25, 0.3) is 0 Å². The van der Waals surface area contributed by atoms with Gasteiger partial charge in [0.1, 0.15) is 0 Å². The fourth-order valence-electron chi connectivity index (χ4n) is 2.07. The quantitative estimate of drug-likeness (QED) is 0.563. The summed E-state index contributed by atoms with van der Waals surface area (Å²) in [6, 6.07) is 0.564. The number of nitrogens with two attached hydrogens (primary N) is 1. The number of rotatable bonds is 6. The Kier molecular flexibility index (Phi) is 6.07. The number of likely N-dealkylation sites (tertiary alicyclic amines) is 1. The molecule has 1 aliphatic rings. The second-order valence-electron chi connectivity index (χ2n) is 5.03. The molecule has 4 N–H and O–H groups in total. The fourth-order valence-corrected chi connectivity index (χ4v) is 2.07. The van der Waals surface area contributed by atoms with Crippen LogP contribution in [0.4, 0.5) is 0 Å². The standard InChI is InChI=1S/C12H24N4O2/c1-9(2)16-4-3-10(8-16)6-14-12(18)7-15-11(17)5-13/h9-10H,3-8,13H2,1-2H3,(H,14,18)(H,15,17). The molecule has 1 rings (SSSR count). The second kappa shape index (κ2) is 7.33. The van der Waals surface area contributed by atoms with Crippen molar-refractivity contribution in [2.45, 2.75) is 26.3 Å². The van der Waals surface area contributed by atoms with Crippen LogP contribution in [-0.2, 0) is 9.59 Å². The van der Waals surface area contributed by atoms with Crippen molar-refractivity contribution in [3.63, 3.8) is 0 Å². The molecule has 6 heteroatoms. The maximum atomic E-state index is 11.5. The first-order chi connectivity index (χ1) is 8.52. The van der Waals surface area contributed by atoms with Gasteiger partial charge >= 0.3 is 0 Å². The first-order valence-electron chi connectivity index (χ1n) is 6.50. The smallest absolute Gasteiger partial charge is 0.239 e. The molecule has 0 bridgehead atoms. The molecule has 6 nitrogen and oxygen atoms in total. The molecule has 1 saturated heterocycles. The molecule has 0 aromatic rings. The molecule has 18 heavy (non-hydrogen) atoms. The van der Waals surface area contributed by atoms with Crippen LogP contribution in [0, 0.1) is 5.92 Å². The molecule has 0 spiro atoms. The van der Waals surface area contributed by atoms with Crippen LogP contribution in [0.2, 0.25) is 0 Å². The van der Waals surface area contributed by atoms with Gasteiger partial charge in [-0.25, -0.2) is 0 Å². The highest BCUT2D eigenvalue weighted by Crippen LogP contribution is 2.17. The summed E-state index contributed by atoms with van der Waals surface area (Å²) < 4.78 is 0. The van der Waals surface area contributed by atoms with Crippen molar-refractivity contribution in [3.05, 3.63) is 0 Å². The Labute approximate surface area is 108 Å². The summed E-state index contributed by atoms with van der Waals surface area (Å²) in [5.41, 5.74) is 5.13. The average molecular weight is 256 g/mol. The van der Waals surface area contributed by atoms with Gasteiger partial charge in [-0.05, 0) is 32.7 Å². The Hall–Kier alpha value is -1.14. The van der Waals surface area contributed by atoms with Crippen LogP contribution < -0.4 is 16.4 Å². The Morgan fingerprint density at radius 2 is 2.06 bits per heavy atom. The minimum Gasteiger partial charge on any atom is -0.354 e. The lowest BCUT2D eigenvalue weighted by atomic mass is 10.1. The van der Waals surface area contributed by atoms with E-state index in [0.29, 0.717) is 18.5 Å². The average Bonchev–Trinajstić information content (AvgIpc) is 2.82. The van der Waals surface area contributed by atoms with Crippen molar-refractivity contribution >= 4 is 11.8 Å². The zero-order valence-corrected chi connectivity index (χ0v) is 11.2. The highest BCUT2D eigenvalue weighted by molar-refractivity contribution is 5.85. The molecule has 2 amide bonds. The van der Waals surface area contributed by atoms with Crippen LogP contribution in [-0.4, -0.2) is 55.5 Å². The first-order valence-corrected chi connectivity index (χ1v) is 6.50. The van der Waals surface area contributed by atoms with E-state index in [1.165, 1.54) is 0 Å². The summed E-state index contributed by atoms with van der Waals surface area (Å²) >= 11 is 0. The van der Waals surface area contributed by atoms with Gasteiger partial charge < -0.3 is 21.3 Å². The lowest BCUT2D eigenvalue weighted by Crippen LogP contribution is -2.41. The highest BCUT2D eigenvalue weighted by Gasteiger charge is 2.24. The van der Waals surface area contributed by atoms with Gasteiger partial charge in [0, 0.05) is 19.1 Å². The largest absolute Gasteiger partial charge is 0.354 e. The van der Waals surface area contributed by atoms with Crippen molar-refractivity contribution in [2.75, 3.05) is 32.7 Å². The van der Waals surface area contributed by atoms with Crippen molar-refractivity contribution < 1.29 is 9.59 Å². The molecule has 104 valence electrons. The number of hydrogen-bond donors (Lipinski definition) is 3. The van der Waals surface area contributed by atoms with Gasteiger partial charge in [0.15, 0.2) is 0 Å².